The summed E-state index contributed by atoms with van der Waals surface area (Å²) in [4.78, 5) is 50.4. The lowest BCUT2D eigenvalue weighted by molar-refractivity contribution is -0.147. The van der Waals surface area contributed by atoms with Gasteiger partial charge in [-0.05, 0) is 55.7 Å². The van der Waals surface area contributed by atoms with E-state index >= 15 is 0 Å². The minimum absolute atomic E-state index is 0.285. The first-order chi connectivity index (χ1) is 14.0. The van der Waals surface area contributed by atoms with Gasteiger partial charge in [-0.15, -0.1) is 0 Å². The van der Waals surface area contributed by atoms with Crippen molar-refractivity contribution in [3.05, 3.63) is 34.9 Å². The van der Waals surface area contributed by atoms with E-state index in [1.807, 2.05) is 12.1 Å². The van der Waals surface area contributed by atoms with Gasteiger partial charge >= 0.3 is 12.0 Å². The molecule has 7 heteroatoms. The van der Waals surface area contributed by atoms with Crippen LogP contribution < -0.4 is 5.32 Å². The quantitative estimate of drug-likeness (QED) is 0.467. The van der Waals surface area contributed by atoms with Gasteiger partial charge in [0.2, 0.25) is 0 Å². The Bertz CT molecular complexity index is 857. The summed E-state index contributed by atoms with van der Waals surface area (Å²) in [6.45, 7) is -0.865. The highest BCUT2D eigenvalue weighted by Crippen LogP contribution is 2.33. The Balaban J connectivity index is 1.32. The third-order valence-electron chi connectivity index (χ3n) is 6.27. The molecule has 154 valence electrons. The van der Waals surface area contributed by atoms with Gasteiger partial charge in [0.05, 0.1) is 0 Å². The number of esters is 1. The maximum absolute atomic E-state index is 12.7. The third kappa shape index (κ3) is 3.91. The fourth-order valence-corrected chi connectivity index (χ4v) is 4.63. The van der Waals surface area contributed by atoms with Crippen molar-refractivity contribution < 1.29 is 23.9 Å². The van der Waals surface area contributed by atoms with Crippen LogP contribution in [0.25, 0.3) is 0 Å². The van der Waals surface area contributed by atoms with E-state index in [4.69, 9.17) is 4.74 Å². The van der Waals surface area contributed by atoms with Crippen LogP contribution in [-0.2, 0) is 27.2 Å². The predicted octanol–water partition coefficient (Wildman–Crippen LogP) is 2.55. The highest BCUT2D eigenvalue weighted by atomic mass is 16.5. The van der Waals surface area contributed by atoms with E-state index in [9.17, 15) is 19.2 Å². The van der Waals surface area contributed by atoms with E-state index in [-0.39, 0.29) is 11.7 Å². The van der Waals surface area contributed by atoms with Crippen LogP contribution in [0.4, 0.5) is 4.79 Å². The van der Waals surface area contributed by atoms with Crippen LogP contribution in [0.5, 0.6) is 0 Å². The molecule has 4 rings (SSSR count). The Morgan fingerprint density at radius 3 is 2.48 bits per heavy atom. The number of urea groups is 1. The molecule has 0 radical (unpaired) electrons. The van der Waals surface area contributed by atoms with Gasteiger partial charge in [0, 0.05) is 5.56 Å². The molecule has 2 aliphatic carbocycles. The second kappa shape index (κ2) is 7.97. The lowest BCUT2D eigenvalue weighted by Crippen LogP contribution is -2.48. The standard InChI is InChI=1S/C22H26N2O5/c25-18(17-9-8-15-6-2-3-7-16(15)12-17)14-29-19(26)13-24-20(27)22(23-21(24)28)10-4-1-5-11-22/h8-9,12H,1-7,10-11,13-14H2,(H,23,28). The largest absolute Gasteiger partial charge is 0.456 e. The number of ether oxygens (including phenoxy) is 1. The minimum Gasteiger partial charge on any atom is -0.456 e. The SMILES string of the molecule is O=C(CN1C(=O)NC2(CCCCC2)C1=O)OCC(=O)c1ccc2c(c1)CCCC2. The minimum atomic E-state index is -0.867. The number of nitrogens with zero attached hydrogens (tertiary/aromatic N) is 1. The lowest BCUT2D eigenvalue weighted by Gasteiger charge is -2.30. The number of carbonyl (C=O) groups is 4. The molecular formula is C22H26N2O5. The first-order valence-corrected chi connectivity index (χ1v) is 10.4. The Morgan fingerprint density at radius 1 is 1.00 bits per heavy atom. The van der Waals surface area contributed by atoms with Gasteiger partial charge in [-0.25, -0.2) is 4.79 Å². The molecule has 1 N–H and O–H groups in total. The van der Waals surface area contributed by atoms with Gasteiger partial charge in [-0.3, -0.25) is 19.3 Å². The van der Waals surface area contributed by atoms with Crippen molar-refractivity contribution in [2.45, 2.75) is 63.3 Å². The zero-order chi connectivity index (χ0) is 20.4. The summed E-state index contributed by atoms with van der Waals surface area (Å²) < 4.78 is 5.07. The topological polar surface area (TPSA) is 92.8 Å². The summed E-state index contributed by atoms with van der Waals surface area (Å²) >= 11 is 0. The van der Waals surface area contributed by atoms with Crippen molar-refractivity contribution >= 4 is 23.7 Å². The molecule has 0 aromatic heterocycles. The van der Waals surface area contributed by atoms with Crippen molar-refractivity contribution in [3.8, 4) is 0 Å². The summed E-state index contributed by atoms with van der Waals surface area (Å²) in [6, 6.07) is 5.06. The summed E-state index contributed by atoms with van der Waals surface area (Å²) in [5.74, 6) is -1.40. The first kappa shape index (κ1) is 19.6. The number of aryl methyl sites for hydroxylation is 2. The van der Waals surface area contributed by atoms with Crippen molar-refractivity contribution in [2.75, 3.05) is 13.2 Å². The highest BCUT2D eigenvalue weighted by molar-refractivity contribution is 6.09. The van der Waals surface area contributed by atoms with Crippen LogP contribution in [0.1, 0.15) is 66.4 Å². The molecule has 1 aliphatic heterocycles. The molecule has 3 amide bonds. The summed E-state index contributed by atoms with van der Waals surface area (Å²) in [5.41, 5.74) is 2.12. The molecule has 1 saturated carbocycles. The number of hydrogen-bond acceptors (Lipinski definition) is 5. The molecular weight excluding hydrogens is 372 g/mol. The molecule has 7 nitrogen and oxygen atoms in total. The van der Waals surface area contributed by atoms with Crippen LogP contribution in [-0.4, -0.2) is 47.3 Å². The third-order valence-corrected chi connectivity index (χ3v) is 6.27. The monoisotopic (exact) mass is 398 g/mol. The molecule has 0 bridgehead atoms. The Morgan fingerprint density at radius 2 is 1.72 bits per heavy atom. The smallest absolute Gasteiger partial charge is 0.326 e. The average Bonchev–Trinajstić information content (AvgIpc) is 2.96. The number of fused-ring (bicyclic) bond motifs is 1. The first-order valence-electron chi connectivity index (χ1n) is 10.4. The number of hydrogen-bond donors (Lipinski definition) is 1. The van der Waals surface area contributed by atoms with Crippen LogP contribution >= 0.6 is 0 Å². The molecule has 1 aromatic rings. The van der Waals surface area contributed by atoms with Crippen molar-refractivity contribution in [1.29, 1.82) is 0 Å². The van der Waals surface area contributed by atoms with E-state index in [2.05, 4.69) is 5.32 Å². The maximum atomic E-state index is 12.7. The fourth-order valence-electron chi connectivity index (χ4n) is 4.63. The second-order valence-corrected chi connectivity index (χ2v) is 8.24. The predicted molar refractivity (Wildman–Crippen MR) is 104 cm³/mol. The fraction of sp³-hybridized carbons (Fsp3) is 0.545. The molecule has 3 aliphatic rings. The average molecular weight is 398 g/mol. The molecule has 0 unspecified atom stereocenters. The van der Waals surface area contributed by atoms with Gasteiger partial charge in [-0.2, -0.15) is 0 Å². The van der Waals surface area contributed by atoms with Gasteiger partial charge in [0.25, 0.3) is 5.91 Å². The number of benzene rings is 1. The number of rotatable bonds is 5. The van der Waals surface area contributed by atoms with Crippen molar-refractivity contribution in [1.82, 2.24) is 10.2 Å². The van der Waals surface area contributed by atoms with Crippen molar-refractivity contribution in [3.63, 3.8) is 0 Å². The van der Waals surface area contributed by atoms with E-state index in [0.717, 1.165) is 43.4 Å². The molecule has 29 heavy (non-hydrogen) atoms. The highest BCUT2D eigenvalue weighted by Gasteiger charge is 2.51. The molecule has 0 atom stereocenters. The van der Waals surface area contributed by atoms with E-state index in [0.29, 0.717) is 18.4 Å². The molecule has 1 saturated heterocycles. The van der Waals surface area contributed by atoms with Crippen LogP contribution in [0.2, 0.25) is 0 Å². The molecule has 1 aromatic carbocycles. The van der Waals surface area contributed by atoms with Gasteiger partial charge in [0.15, 0.2) is 12.4 Å². The summed E-state index contributed by atoms with van der Waals surface area (Å²) in [6.07, 6.45) is 8.27. The lowest BCUT2D eigenvalue weighted by atomic mass is 9.82. The van der Waals surface area contributed by atoms with Crippen molar-refractivity contribution in [2.24, 2.45) is 0 Å². The number of nitrogens with one attached hydrogen (secondary N) is 1. The van der Waals surface area contributed by atoms with Gasteiger partial charge < -0.3 is 10.1 Å². The Kier molecular flexibility index (Phi) is 5.39. The summed E-state index contributed by atoms with van der Waals surface area (Å²) in [5, 5.41) is 2.76. The molecule has 1 heterocycles. The number of ketones is 1. The number of amides is 3. The number of imide groups is 1. The normalized spacial score (nSPS) is 20.3. The number of Topliss-reactive ketones (excluding diaryl/α,β-unsaturated/α-hetero) is 1. The van der Waals surface area contributed by atoms with Crippen LogP contribution in [0.15, 0.2) is 18.2 Å². The zero-order valence-corrected chi connectivity index (χ0v) is 16.5. The molecule has 1 spiro atoms. The van der Waals surface area contributed by atoms with E-state index < -0.39 is 30.7 Å². The Labute approximate surface area is 169 Å². The second-order valence-electron chi connectivity index (χ2n) is 8.24. The van der Waals surface area contributed by atoms with Crippen LogP contribution in [0, 0.1) is 0 Å². The number of carbonyl (C=O) groups excluding carboxylic acids is 4. The van der Waals surface area contributed by atoms with Crippen LogP contribution in [0.3, 0.4) is 0 Å². The van der Waals surface area contributed by atoms with Gasteiger partial charge in [-0.1, -0.05) is 31.4 Å². The van der Waals surface area contributed by atoms with Gasteiger partial charge in [0.1, 0.15) is 12.1 Å². The summed E-state index contributed by atoms with van der Waals surface area (Å²) in [7, 11) is 0. The van der Waals surface area contributed by atoms with E-state index in [1.54, 1.807) is 6.07 Å². The Hall–Kier alpha value is -2.70. The van der Waals surface area contributed by atoms with E-state index in [1.165, 1.54) is 17.5 Å². The zero-order valence-electron chi connectivity index (χ0n) is 16.5. The maximum Gasteiger partial charge on any atom is 0.326 e. The molecule has 2 fully saturated rings.